The van der Waals surface area contributed by atoms with Gasteiger partial charge in [-0.2, -0.15) is 10.2 Å². The lowest BCUT2D eigenvalue weighted by molar-refractivity contribution is 0.632. The predicted molar refractivity (Wildman–Crippen MR) is 75.9 cm³/mol. The molecule has 104 valence electrons. The van der Waals surface area contributed by atoms with Crippen molar-refractivity contribution in [3.8, 4) is 0 Å². The molecular formula is C14H23N5. The van der Waals surface area contributed by atoms with Crippen molar-refractivity contribution in [3.05, 3.63) is 34.4 Å². The fourth-order valence-corrected chi connectivity index (χ4v) is 2.59. The van der Waals surface area contributed by atoms with E-state index in [9.17, 15) is 0 Å². The zero-order chi connectivity index (χ0) is 14.2. The first-order valence-electron chi connectivity index (χ1n) is 6.71. The summed E-state index contributed by atoms with van der Waals surface area (Å²) >= 11 is 0. The Bertz CT molecular complexity index is 579. The van der Waals surface area contributed by atoms with E-state index >= 15 is 0 Å². The largest absolute Gasteiger partial charge is 0.324 e. The van der Waals surface area contributed by atoms with Gasteiger partial charge in [-0.15, -0.1) is 0 Å². The van der Waals surface area contributed by atoms with Crippen LogP contribution in [0.25, 0.3) is 0 Å². The quantitative estimate of drug-likeness (QED) is 0.909. The number of rotatable bonds is 4. The van der Waals surface area contributed by atoms with Gasteiger partial charge in [0.1, 0.15) is 0 Å². The summed E-state index contributed by atoms with van der Waals surface area (Å²) in [4.78, 5) is 0. The first kappa shape index (κ1) is 13.8. The van der Waals surface area contributed by atoms with E-state index < -0.39 is 0 Å². The second kappa shape index (κ2) is 5.17. The minimum absolute atomic E-state index is 0.0335. The van der Waals surface area contributed by atoms with E-state index in [1.54, 1.807) is 0 Å². The van der Waals surface area contributed by atoms with E-state index in [0.29, 0.717) is 0 Å². The van der Waals surface area contributed by atoms with Gasteiger partial charge in [-0.25, -0.2) is 0 Å². The molecule has 5 heteroatoms. The molecule has 5 nitrogen and oxygen atoms in total. The number of aryl methyl sites for hydroxylation is 4. The van der Waals surface area contributed by atoms with Crippen LogP contribution in [0.1, 0.15) is 41.3 Å². The Kier molecular flexibility index (Phi) is 3.75. The highest BCUT2D eigenvalue weighted by Gasteiger charge is 2.18. The Morgan fingerprint density at radius 1 is 1.21 bits per heavy atom. The molecule has 2 N–H and O–H groups in total. The molecular weight excluding hydrogens is 238 g/mol. The Balaban J connectivity index is 2.25. The van der Waals surface area contributed by atoms with Crippen LogP contribution in [0, 0.1) is 13.8 Å². The van der Waals surface area contributed by atoms with Gasteiger partial charge in [0.25, 0.3) is 0 Å². The highest BCUT2D eigenvalue weighted by molar-refractivity contribution is 5.29. The van der Waals surface area contributed by atoms with Gasteiger partial charge in [-0.3, -0.25) is 9.36 Å². The summed E-state index contributed by atoms with van der Waals surface area (Å²) < 4.78 is 3.82. The standard InChI is InChI=1S/C14H23N5/c1-6-11-7-12(19(5)17-11)8-13(15)14-9(2)16-18(4)10(14)3/h7,13H,6,8,15H2,1-5H3. The average molecular weight is 261 g/mol. The molecule has 0 aliphatic heterocycles. The lowest BCUT2D eigenvalue weighted by Crippen LogP contribution is -2.17. The molecule has 2 aromatic heterocycles. The molecule has 0 amide bonds. The first-order valence-corrected chi connectivity index (χ1v) is 6.71. The second-order valence-corrected chi connectivity index (χ2v) is 5.12. The van der Waals surface area contributed by atoms with Crippen LogP contribution < -0.4 is 5.73 Å². The second-order valence-electron chi connectivity index (χ2n) is 5.12. The van der Waals surface area contributed by atoms with Crippen LogP contribution >= 0.6 is 0 Å². The predicted octanol–water partition coefficient (Wildman–Crippen LogP) is 1.58. The van der Waals surface area contributed by atoms with Gasteiger partial charge < -0.3 is 5.73 Å². The highest BCUT2D eigenvalue weighted by atomic mass is 15.3. The molecule has 19 heavy (non-hydrogen) atoms. The van der Waals surface area contributed by atoms with Crippen molar-refractivity contribution < 1.29 is 0 Å². The maximum Gasteiger partial charge on any atom is 0.0644 e. The minimum Gasteiger partial charge on any atom is -0.324 e. The fourth-order valence-electron chi connectivity index (χ4n) is 2.59. The van der Waals surface area contributed by atoms with Gasteiger partial charge in [0.15, 0.2) is 0 Å². The molecule has 0 radical (unpaired) electrons. The number of aromatic nitrogens is 4. The van der Waals surface area contributed by atoms with Gasteiger partial charge in [0.05, 0.1) is 11.4 Å². The molecule has 0 fully saturated rings. The molecule has 0 saturated heterocycles. The smallest absolute Gasteiger partial charge is 0.0644 e. The lowest BCUT2D eigenvalue weighted by atomic mass is 10.0. The van der Waals surface area contributed by atoms with E-state index in [0.717, 1.165) is 35.5 Å². The number of hydrogen-bond donors (Lipinski definition) is 1. The van der Waals surface area contributed by atoms with Crippen molar-refractivity contribution in [1.29, 1.82) is 0 Å². The van der Waals surface area contributed by atoms with Gasteiger partial charge in [0.2, 0.25) is 0 Å². The maximum atomic E-state index is 6.37. The molecule has 0 saturated carbocycles. The summed E-state index contributed by atoms with van der Waals surface area (Å²) in [5, 5.41) is 8.90. The van der Waals surface area contributed by atoms with Crippen molar-refractivity contribution in [2.45, 2.75) is 39.7 Å². The third kappa shape index (κ3) is 2.56. The van der Waals surface area contributed by atoms with Crippen LogP contribution in [0.4, 0.5) is 0 Å². The van der Waals surface area contributed by atoms with Crippen LogP contribution in [-0.4, -0.2) is 19.6 Å². The van der Waals surface area contributed by atoms with Gasteiger partial charge in [0, 0.05) is 43.5 Å². The van der Waals surface area contributed by atoms with Crippen molar-refractivity contribution in [1.82, 2.24) is 19.6 Å². The fraction of sp³-hybridized carbons (Fsp3) is 0.571. The molecule has 0 aromatic carbocycles. The molecule has 0 aliphatic rings. The minimum atomic E-state index is -0.0335. The third-order valence-corrected chi connectivity index (χ3v) is 3.75. The molecule has 0 spiro atoms. The first-order chi connectivity index (χ1) is 8.93. The zero-order valence-corrected chi connectivity index (χ0v) is 12.4. The monoisotopic (exact) mass is 261 g/mol. The van der Waals surface area contributed by atoms with Crippen molar-refractivity contribution in [3.63, 3.8) is 0 Å². The summed E-state index contributed by atoms with van der Waals surface area (Å²) in [7, 11) is 3.93. The van der Waals surface area contributed by atoms with E-state index in [1.807, 2.05) is 30.4 Å². The van der Waals surface area contributed by atoms with Gasteiger partial charge in [-0.1, -0.05) is 6.92 Å². The Hall–Kier alpha value is -1.62. The SMILES string of the molecule is CCc1cc(CC(N)c2c(C)nn(C)c2C)n(C)n1. The van der Waals surface area contributed by atoms with E-state index in [-0.39, 0.29) is 6.04 Å². The molecule has 0 bridgehead atoms. The highest BCUT2D eigenvalue weighted by Crippen LogP contribution is 2.22. The van der Waals surface area contributed by atoms with Crippen LogP contribution in [0.5, 0.6) is 0 Å². The van der Waals surface area contributed by atoms with Crippen LogP contribution in [0.15, 0.2) is 6.07 Å². The summed E-state index contributed by atoms with van der Waals surface area (Å²) in [6, 6.07) is 2.11. The third-order valence-electron chi connectivity index (χ3n) is 3.75. The van der Waals surface area contributed by atoms with E-state index in [1.165, 1.54) is 5.69 Å². The Morgan fingerprint density at radius 2 is 1.89 bits per heavy atom. The molecule has 1 unspecified atom stereocenters. The van der Waals surface area contributed by atoms with Crippen LogP contribution in [-0.2, 0) is 26.9 Å². The van der Waals surface area contributed by atoms with Crippen LogP contribution in [0.2, 0.25) is 0 Å². The average Bonchev–Trinajstić information content (AvgIpc) is 2.81. The summed E-state index contributed by atoms with van der Waals surface area (Å²) in [5.74, 6) is 0. The Labute approximate surface area is 114 Å². The maximum absolute atomic E-state index is 6.37. The van der Waals surface area contributed by atoms with Crippen LogP contribution in [0.3, 0.4) is 0 Å². The molecule has 2 rings (SSSR count). The Morgan fingerprint density at radius 3 is 2.37 bits per heavy atom. The van der Waals surface area contributed by atoms with E-state index in [4.69, 9.17) is 5.73 Å². The van der Waals surface area contributed by atoms with Gasteiger partial charge >= 0.3 is 0 Å². The zero-order valence-electron chi connectivity index (χ0n) is 12.4. The molecule has 2 aromatic rings. The lowest BCUT2D eigenvalue weighted by Gasteiger charge is -2.12. The topological polar surface area (TPSA) is 61.7 Å². The summed E-state index contributed by atoms with van der Waals surface area (Å²) in [5.41, 5.74) is 12.0. The number of nitrogens with two attached hydrogens (primary N) is 1. The van der Waals surface area contributed by atoms with Crippen molar-refractivity contribution in [2.75, 3.05) is 0 Å². The molecule has 2 heterocycles. The van der Waals surface area contributed by atoms with Gasteiger partial charge in [-0.05, 0) is 26.3 Å². The number of nitrogens with zero attached hydrogens (tertiary/aromatic N) is 4. The summed E-state index contributed by atoms with van der Waals surface area (Å²) in [6.45, 7) is 6.19. The van der Waals surface area contributed by atoms with Crippen molar-refractivity contribution >= 4 is 0 Å². The molecule has 0 aliphatic carbocycles. The molecule has 1 atom stereocenters. The van der Waals surface area contributed by atoms with Crippen molar-refractivity contribution in [2.24, 2.45) is 19.8 Å². The number of hydrogen-bond acceptors (Lipinski definition) is 3. The normalized spacial score (nSPS) is 12.9. The summed E-state index contributed by atoms with van der Waals surface area (Å²) in [6.07, 6.45) is 1.74. The van der Waals surface area contributed by atoms with E-state index in [2.05, 4.69) is 30.1 Å².